The van der Waals surface area contributed by atoms with Gasteiger partial charge in [0.25, 0.3) is 0 Å². The molecule has 1 aromatic rings. The summed E-state index contributed by atoms with van der Waals surface area (Å²) in [5, 5.41) is 0. The topological polar surface area (TPSA) is 31.4 Å². The molecule has 0 aromatic carbocycles. The smallest absolute Gasteiger partial charge is 0.188 e. The Morgan fingerprint density at radius 3 is 2.92 bits per heavy atom. The van der Waals surface area contributed by atoms with Crippen LogP contribution in [0.25, 0.3) is 0 Å². The molecule has 0 atom stereocenters. The van der Waals surface area contributed by atoms with Crippen LogP contribution in [0.5, 0.6) is 5.75 Å². The molecule has 0 bridgehead atoms. The minimum absolute atomic E-state index is 0.239. The average Bonchev–Trinajstić information content (AvgIpc) is 2.03. The molecular formula is C8H10BrNO2. The maximum Gasteiger partial charge on any atom is 0.188 e. The zero-order valence-electron chi connectivity index (χ0n) is 7.00. The highest BCUT2D eigenvalue weighted by Gasteiger charge is 2.00. The maximum absolute atomic E-state index is 5.21. The highest BCUT2D eigenvalue weighted by Crippen LogP contribution is 2.23. The fraction of sp³-hybridized carbons (Fsp3) is 0.375. The molecule has 3 nitrogen and oxygen atoms in total. The summed E-state index contributed by atoms with van der Waals surface area (Å²) in [7, 11) is 1.58. The van der Waals surface area contributed by atoms with Crippen molar-refractivity contribution >= 4 is 15.9 Å². The van der Waals surface area contributed by atoms with Gasteiger partial charge >= 0.3 is 0 Å². The Hall–Kier alpha value is -0.610. The van der Waals surface area contributed by atoms with Crippen molar-refractivity contribution in [3.05, 3.63) is 22.4 Å². The van der Waals surface area contributed by atoms with E-state index in [9.17, 15) is 0 Å². The van der Waals surface area contributed by atoms with Crippen LogP contribution in [0.1, 0.15) is 5.69 Å². The van der Waals surface area contributed by atoms with Gasteiger partial charge in [-0.2, -0.15) is 0 Å². The fourth-order valence-electron chi connectivity index (χ4n) is 0.743. The summed E-state index contributed by atoms with van der Waals surface area (Å²) in [5.41, 5.74) is 0.951. The molecular weight excluding hydrogens is 222 g/mol. The first-order chi connectivity index (χ1) is 5.74. The van der Waals surface area contributed by atoms with E-state index in [1.165, 1.54) is 0 Å². The van der Waals surface area contributed by atoms with E-state index >= 15 is 0 Å². The van der Waals surface area contributed by atoms with Crippen LogP contribution in [-0.2, 0) is 4.74 Å². The van der Waals surface area contributed by atoms with E-state index < -0.39 is 0 Å². The second-order valence-electron chi connectivity index (χ2n) is 2.31. The minimum atomic E-state index is 0.239. The molecule has 0 spiro atoms. The molecule has 1 aromatic heterocycles. The molecule has 66 valence electrons. The molecule has 0 aliphatic rings. The van der Waals surface area contributed by atoms with Gasteiger partial charge in [-0.25, -0.2) is 0 Å². The monoisotopic (exact) mass is 231 g/mol. The Morgan fingerprint density at radius 1 is 1.58 bits per heavy atom. The predicted molar refractivity (Wildman–Crippen MR) is 49.2 cm³/mol. The highest BCUT2D eigenvalue weighted by molar-refractivity contribution is 9.10. The molecule has 0 N–H and O–H groups in total. The van der Waals surface area contributed by atoms with Gasteiger partial charge in [-0.1, -0.05) is 0 Å². The first-order valence-corrected chi connectivity index (χ1v) is 4.27. The molecule has 1 rings (SSSR count). The van der Waals surface area contributed by atoms with Crippen LogP contribution in [-0.4, -0.2) is 18.9 Å². The highest BCUT2D eigenvalue weighted by atomic mass is 79.9. The number of ether oxygens (including phenoxy) is 2. The van der Waals surface area contributed by atoms with E-state index in [1.54, 1.807) is 13.3 Å². The lowest BCUT2D eigenvalue weighted by Gasteiger charge is -2.05. The van der Waals surface area contributed by atoms with Crippen LogP contribution in [0, 0.1) is 6.92 Å². The average molecular weight is 232 g/mol. The van der Waals surface area contributed by atoms with E-state index in [2.05, 4.69) is 20.9 Å². The molecule has 0 fully saturated rings. The molecule has 12 heavy (non-hydrogen) atoms. The van der Waals surface area contributed by atoms with Gasteiger partial charge in [-0.15, -0.1) is 0 Å². The Labute approximate surface area is 79.8 Å². The SMILES string of the molecule is COCOc1cnc(C)cc1Br. The summed E-state index contributed by atoms with van der Waals surface area (Å²) in [4.78, 5) is 4.08. The maximum atomic E-state index is 5.21. The summed E-state index contributed by atoms with van der Waals surface area (Å²) in [5.74, 6) is 0.697. The van der Waals surface area contributed by atoms with Crippen molar-refractivity contribution in [3.63, 3.8) is 0 Å². The van der Waals surface area contributed by atoms with Gasteiger partial charge in [0.05, 0.1) is 10.7 Å². The van der Waals surface area contributed by atoms with Crippen LogP contribution < -0.4 is 4.74 Å². The van der Waals surface area contributed by atoms with Gasteiger partial charge in [-0.3, -0.25) is 4.98 Å². The van der Waals surface area contributed by atoms with Gasteiger partial charge in [0.2, 0.25) is 0 Å². The summed E-state index contributed by atoms with van der Waals surface area (Å²) < 4.78 is 10.9. The molecule has 0 saturated carbocycles. The Bertz CT molecular complexity index is 265. The summed E-state index contributed by atoms with van der Waals surface area (Å²) in [6.07, 6.45) is 1.67. The largest absolute Gasteiger partial charge is 0.465 e. The van der Waals surface area contributed by atoms with Crippen molar-refractivity contribution in [3.8, 4) is 5.75 Å². The summed E-state index contributed by atoms with van der Waals surface area (Å²) in [6, 6.07) is 1.89. The Balaban J connectivity index is 2.72. The van der Waals surface area contributed by atoms with Gasteiger partial charge in [0.1, 0.15) is 0 Å². The van der Waals surface area contributed by atoms with Crippen molar-refractivity contribution in [2.45, 2.75) is 6.92 Å². The molecule has 0 radical (unpaired) electrons. The first kappa shape index (κ1) is 9.48. The quantitative estimate of drug-likeness (QED) is 0.748. The third-order valence-electron chi connectivity index (χ3n) is 1.29. The summed E-state index contributed by atoms with van der Waals surface area (Å²) in [6.45, 7) is 2.16. The van der Waals surface area contributed by atoms with Gasteiger partial charge < -0.3 is 9.47 Å². The van der Waals surface area contributed by atoms with Gasteiger partial charge in [0, 0.05) is 12.8 Å². The lowest BCUT2D eigenvalue weighted by Crippen LogP contribution is -2.00. The van der Waals surface area contributed by atoms with Crippen LogP contribution in [0.4, 0.5) is 0 Å². The van der Waals surface area contributed by atoms with Crippen molar-refractivity contribution in [2.75, 3.05) is 13.9 Å². The van der Waals surface area contributed by atoms with Gasteiger partial charge in [-0.05, 0) is 28.9 Å². The predicted octanol–water partition coefficient (Wildman–Crippen LogP) is 2.14. The molecule has 0 unspecified atom stereocenters. The van der Waals surface area contributed by atoms with Crippen LogP contribution >= 0.6 is 15.9 Å². The number of halogens is 1. The second kappa shape index (κ2) is 4.42. The number of pyridine rings is 1. The molecule has 4 heteroatoms. The van der Waals surface area contributed by atoms with E-state index in [0.717, 1.165) is 10.2 Å². The van der Waals surface area contributed by atoms with Crippen LogP contribution in [0.3, 0.4) is 0 Å². The van der Waals surface area contributed by atoms with Crippen LogP contribution in [0.2, 0.25) is 0 Å². The Kier molecular flexibility index (Phi) is 3.49. The van der Waals surface area contributed by atoms with Gasteiger partial charge in [0.15, 0.2) is 12.5 Å². The van der Waals surface area contributed by atoms with E-state index in [0.29, 0.717) is 5.75 Å². The lowest BCUT2D eigenvalue weighted by molar-refractivity contribution is 0.0503. The van der Waals surface area contributed by atoms with E-state index in [4.69, 9.17) is 9.47 Å². The lowest BCUT2D eigenvalue weighted by atomic mass is 10.4. The number of hydrogen-bond donors (Lipinski definition) is 0. The third-order valence-corrected chi connectivity index (χ3v) is 1.91. The molecule has 1 heterocycles. The molecule has 0 amide bonds. The zero-order valence-corrected chi connectivity index (χ0v) is 8.59. The molecule has 0 saturated heterocycles. The number of hydrogen-bond acceptors (Lipinski definition) is 3. The van der Waals surface area contributed by atoms with Crippen molar-refractivity contribution in [1.29, 1.82) is 0 Å². The zero-order chi connectivity index (χ0) is 8.97. The normalized spacial score (nSPS) is 9.92. The number of rotatable bonds is 3. The van der Waals surface area contributed by atoms with Crippen LogP contribution in [0.15, 0.2) is 16.7 Å². The fourth-order valence-corrected chi connectivity index (χ4v) is 1.29. The first-order valence-electron chi connectivity index (χ1n) is 3.48. The number of aryl methyl sites for hydroxylation is 1. The molecule has 0 aliphatic carbocycles. The standard InChI is InChI=1S/C8H10BrNO2/c1-6-3-7(9)8(4-10-6)12-5-11-2/h3-4H,5H2,1-2H3. The second-order valence-corrected chi connectivity index (χ2v) is 3.16. The summed E-state index contributed by atoms with van der Waals surface area (Å²) >= 11 is 3.36. The number of nitrogens with zero attached hydrogens (tertiary/aromatic N) is 1. The van der Waals surface area contributed by atoms with Crippen molar-refractivity contribution < 1.29 is 9.47 Å². The van der Waals surface area contributed by atoms with Crippen molar-refractivity contribution in [2.24, 2.45) is 0 Å². The number of methoxy groups -OCH3 is 1. The van der Waals surface area contributed by atoms with E-state index in [-0.39, 0.29) is 6.79 Å². The van der Waals surface area contributed by atoms with Crippen molar-refractivity contribution in [1.82, 2.24) is 4.98 Å². The molecule has 0 aliphatic heterocycles. The Morgan fingerprint density at radius 2 is 2.33 bits per heavy atom. The number of aromatic nitrogens is 1. The van der Waals surface area contributed by atoms with E-state index in [1.807, 2.05) is 13.0 Å². The minimum Gasteiger partial charge on any atom is -0.465 e. The third kappa shape index (κ3) is 2.46.